The zero-order chi connectivity index (χ0) is 43.3. The van der Waals surface area contributed by atoms with Crippen LogP contribution in [0.25, 0.3) is 32.7 Å². The van der Waals surface area contributed by atoms with Gasteiger partial charge in [0.05, 0.1) is 27.4 Å². The Bertz CT molecular complexity index is 1980. The molecule has 2 atom stereocenters. The summed E-state index contributed by atoms with van der Waals surface area (Å²) >= 11 is 0. The Kier molecular flexibility index (Phi) is 25.3. The van der Waals surface area contributed by atoms with Crippen molar-refractivity contribution < 1.29 is 38.1 Å². The second-order valence-electron chi connectivity index (χ2n) is 13.9. The number of carbonyl (C=O) groups excluding carboxylic acids is 4. The maximum absolute atomic E-state index is 13.0. The van der Waals surface area contributed by atoms with Gasteiger partial charge in [-0.15, -0.1) is 0 Å². The minimum absolute atomic E-state index is 0. The zero-order valence-electron chi connectivity index (χ0n) is 35.4. The van der Waals surface area contributed by atoms with Gasteiger partial charge in [0.25, 0.3) is 0 Å². The molecular formula is C46H68N8O8S. The Morgan fingerprint density at radius 1 is 0.587 bits per heavy atom. The van der Waals surface area contributed by atoms with Gasteiger partial charge in [-0.25, -0.2) is 9.59 Å². The number of amides is 2. The van der Waals surface area contributed by atoms with Crippen molar-refractivity contribution >= 4 is 70.7 Å². The number of esters is 2. The van der Waals surface area contributed by atoms with Crippen molar-refractivity contribution in [2.24, 2.45) is 21.5 Å². The summed E-state index contributed by atoms with van der Waals surface area (Å²) in [6, 6.07) is 22.3. The van der Waals surface area contributed by atoms with Gasteiger partial charge in [-0.2, -0.15) is 13.5 Å². The third-order valence-corrected chi connectivity index (χ3v) is 9.72. The molecule has 0 aliphatic rings. The lowest BCUT2D eigenvalue weighted by molar-refractivity contribution is -0.145. The van der Waals surface area contributed by atoms with Crippen molar-refractivity contribution in [1.82, 2.24) is 21.3 Å². The van der Waals surface area contributed by atoms with E-state index in [1.165, 1.54) is 14.2 Å². The lowest BCUT2D eigenvalue weighted by Crippen LogP contribution is -2.42. The van der Waals surface area contributed by atoms with E-state index < -0.39 is 24.0 Å². The highest BCUT2D eigenvalue weighted by Crippen LogP contribution is 2.45. The number of guanidine groups is 2. The molecule has 0 bridgehead atoms. The van der Waals surface area contributed by atoms with E-state index in [4.69, 9.17) is 30.4 Å². The van der Waals surface area contributed by atoms with Crippen molar-refractivity contribution in [3.63, 3.8) is 0 Å². The molecule has 0 fully saturated rings. The molecule has 63 heavy (non-hydrogen) atoms. The average molecular weight is 893 g/mol. The zero-order valence-corrected chi connectivity index (χ0v) is 36.4. The van der Waals surface area contributed by atoms with Crippen molar-refractivity contribution in [3.05, 3.63) is 72.8 Å². The normalized spacial score (nSPS) is 12.0. The van der Waals surface area contributed by atoms with E-state index in [9.17, 15) is 19.2 Å². The van der Waals surface area contributed by atoms with E-state index in [0.717, 1.165) is 32.7 Å². The first-order valence-electron chi connectivity index (χ1n) is 20.1. The number of nitrogens with zero attached hydrogens (tertiary/aromatic N) is 2. The van der Waals surface area contributed by atoms with Crippen LogP contribution in [-0.4, -0.2) is 102 Å². The Morgan fingerprint density at radius 2 is 0.968 bits per heavy atom. The number of aliphatic imine (C=N–C) groups is 2. The summed E-state index contributed by atoms with van der Waals surface area (Å²) in [7, 11) is 5.72. The number of hydrogen-bond donors (Lipinski definition) is 6. The number of carbonyl (C=O) groups is 4. The number of methoxy groups -OCH3 is 2. The van der Waals surface area contributed by atoms with Crippen LogP contribution in [0.4, 0.5) is 0 Å². The number of nitrogens with two attached hydrogens (primary N) is 2. The van der Waals surface area contributed by atoms with Crippen molar-refractivity contribution in [2.75, 3.05) is 54.6 Å². The van der Waals surface area contributed by atoms with Gasteiger partial charge in [-0.3, -0.25) is 19.6 Å². The first-order valence-corrected chi connectivity index (χ1v) is 20.1. The molecule has 0 aromatic heterocycles. The lowest BCUT2D eigenvalue weighted by atomic mass is 9.92. The van der Waals surface area contributed by atoms with Crippen LogP contribution < -0.4 is 42.2 Å². The van der Waals surface area contributed by atoms with E-state index in [2.05, 4.69) is 31.3 Å². The van der Waals surface area contributed by atoms with E-state index in [1.54, 1.807) is 14.1 Å². The molecule has 0 spiro atoms. The molecule has 0 heterocycles. The molecule has 16 nitrogen and oxygen atoms in total. The SMILES string of the molecule is C.C.CN=C(N)NCCC[C@@H](NC(=O)CCCOc1ccc2ccccc2c1-c1c(OCCCC(=O)N[C@H](CCCNC(N)=NC)C(=O)OC)ccc2ccccc12)C(=O)OC.S. The molecule has 0 aliphatic heterocycles. The predicted molar refractivity (Wildman–Crippen MR) is 258 cm³/mol. The summed E-state index contributed by atoms with van der Waals surface area (Å²) in [5.74, 6) is 0.171. The molecule has 0 saturated heterocycles. The Morgan fingerprint density at radius 3 is 1.33 bits per heavy atom. The molecule has 8 N–H and O–H groups in total. The fourth-order valence-electron chi connectivity index (χ4n) is 6.61. The van der Waals surface area contributed by atoms with Crippen LogP contribution in [-0.2, 0) is 28.7 Å². The van der Waals surface area contributed by atoms with Gasteiger partial charge in [0, 0.05) is 51.2 Å². The molecule has 4 aromatic carbocycles. The van der Waals surface area contributed by atoms with Gasteiger partial charge in [0.1, 0.15) is 23.6 Å². The summed E-state index contributed by atoms with van der Waals surface area (Å²) in [6.45, 7) is 1.42. The lowest BCUT2D eigenvalue weighted by Gasteiger charge is -2.20. The van der Waals surface area contributed by atoms with Gasteiger partial charge >= 0.3 is 11.9 Å². The van der Waals surface area contributed by atoms with Crippen LogP contribution >= 0.6 is 13.5 Å². The van der Waals surface area contributed by atoms with Gasteiger partial charge < -0.3 is 51.7 Å². The summed E-state index contributed by atoms with van der Waals surface area (Å²) in [4.78, 5) is 58.5. The van der Waals surface area contributed by atoms with Crippen LogP contribution in [0.2, 0.25) is 0 Å². The Hall–Kier alpha value is -6.23. The van der Waals surface area contributed by atoms with E-state index in [1.807, 2.05) is 72.8 Å². The topological polar surface area (TPSA) is 230 Å². The molecular weight excluding hydrogens is 825 g/mol. The molecule has 346 valence electrons. The number of rotatable bonds is 23. The summed E-state index contributed by atoms with van der Waals surface area (Å²) in [5, 5.41) is 15.4. The van der Waals surface area contributed by atoms with E-state index in [0.29, 0.717) is 75.0 Å². The van der Waals surface area contributed by atoms with E-state index >= 15 is 0 Å². The average Bonchev–Trinajstić information content (AvgIpc) is 3.27. The third-order valence-electron chi connectivity index (χ3n) is 9.72. The molecule has 4 aromatic rings. The maximum atomic E-state index is 13.0. The summed E-state index contributed by atoms with van der Waals surface area (Å²) in [5.41, 5.74) is 13.0. The Labute approximate surface area is 378 Å². The van der Waals surface area contributed by atoms with Crippen LogP contribution in [0, 0.1) is 0 Å². The highest BCUT2D eigenvalue weighted by atomic mass is 32.1. The van der Waals surface area contributed by atoms with Gasteiger partial charge in [-0.05, 0) is 72.2 Å². The third kappa shape index (κ3) is 16.9. The minimum atomic E-state index is -0.798. The fraction of sp³-hybridized carbons (Fsp3) is 0.435. The highest BCUT2D eigenvalue weighted by Gasteiger charge is 2.23. The van der Waals surface area contributed by atoms with Crippen LogP contribution in [0.3, 0.4) is 0 Å². The monoisotopic (exact) mass is 892 g/mol. The smallest absolute Gasteiger partial charge is 0.328 e. The maximum Gasteiger partial charge on any atom is 0.328 e. The fourth-order valence-corrected chi connectivity index (χ4v) is 6.61. The largest absolute Gasteiger partial charge is 0.493 e. The standard InChI is InChI=1S/C44H58N8O8.2CH4.H2S/c1-47-43(45)49-25-9-17-33(41(55)57-3)51-37(53)19-11-27-59-35-23-21-29-13-5-7-15-31(29)39(35)40-32-16-8-6-14-30(32)22-24-36(40)60-28-12-20-38(54)52-34(42(56)58-4)18-10-26-50-44(46)48-2;;;/h5-8,13-16,21-24,33-34H,9-12,17-20,25-28H2,1-4H3,(H,51,53)(H,52,54)(H3,45,47,49)(H3,46,48,50);2*1H4;1H2/t33-,34-;;;/m1.../s1. The van der Waals surface area contributed by atoms with Crippen molar-refractivity contribution in [1.29, 1.82) is 0 Å². The van der Waals surface area contributed by atoms with Gasteiger partial charge in [0.15, 0.2) is 11.9 Å². The second kappa shape index (κ2) is 29.1. The number of hydrogen-bond acceptors (Lipinski definition) is 10. The number of ether oxygens (including phenoxy) is 4. The number of fused-ring (bicyclic) bond motifs is 2. The van der Waals surface area contributed by atoms with Gasteiger partial charge in [-0.1, -0.05) is 75.5 Å². The number of benzene rings is 4. The van der Waals surface area contributed by atoms with Crippen molar-refractivity contribution in [3.8, 4) is 22.6 Å². The van der Waals surface area contributed by atoms with Gasteiger partial charge in [0.2, 0.25) is 11.8 Å². The predicted octanol–water partition coefficient (Wildman–Crippen LogP) is 5.31. The van der Waals surface area contributed by atoms with Crippen molar-refractivity contribution in [2.45, 2.75) is 78.3 Å². The van der Waals surface area contributed by atoms with Crippen LogP contribution in [0.15, 0.2) is 82.8 Å². The summed E-state index contributed by atoms with van der Waals surface area (Å²) < 4.78 is 22.7. The number of nitrogens with one attached hydrogen (secondary N) is 4. The quantitative estimate of drug-likeness (QED) is 0.0241. The molecule has 2 amide bonds. The first kappa shape index (κ1) is 54.8. The van der Waals surface area contributed by atoms with Crippen LogP contribution in [0.1, 0.15) is 66.2 Å². The van der Waals surface area contributed by atoms with Crippen LogP contribution in [0.5, 0.6) is 11.5 Å². The summed E-state index contributed by atoms with van der Waals surface area (Å²) in [6.07, 6.45) is 2.86. The Balaban J connectivity index is 0.00000661. The molecule has 0 saturated carbocycles. The first-order chi connectivity index (χ1) is 29.1. The molecule has 0 aliphatic carbocycles. The molecule has 0 radical (unpaired) electrons. The minimum Gasteiger partial charge on any atom is -0.493 e. The molecule has 4 rings (SSSR count). The molecule has 17 heteroatoms. The van der Waals surface area contributed by atoms with E-state index in [-0.39, 0.29) is 66.2 Å². The second-order valence-corrected chi connectivity index (χ2v) is 13.9. The highest BCUT2D eigenvalue weighted by molar-refractivity contribution is 7.59. The molecule has 0 unspecified atom stereocenters.